The summed E-state index contributed by atoms with van der Waals surface area (Å²) in [5.74, 6) is 1.46. The molecule has 3 aromatic carbocycles. The lowest BCUT2D eigenvalue weighted by atomic mass is 10.1. The normalized spacial score (nSPS) is 11.5. The molecule has 4 aromatic rings. The predicted octanol–water partition coefficient (Wildman–Crippen LogP) is 4.98. The molecule has 0 radical (unpaired) electrons. The van der Waals surface area contributed by atoms with Crippen LogP contribution in [0.4, 0.5) is 5.95 Å². The summed E-state index contributed by atoms with van der Waals surface area (Å²) in [6, 6.07) is 25.9. The number of ether oxygens (including phenoxy) is 1. The molecule has 0 unspecified atom stereocenters. The van der Waals surface area contributed by atoms with E-state index in [4.69, 9.17) is 4.74 Å². The number of nitrogens with zero attached hydrogens (tertiary/aromatic N) is 2. The third-order valence-corrected chi connectivity index (χ3v) is 4.24. The van der Waals surface area contributed by atoms with Gasteiger partial charge in [0.15, 0.2) is 0 Å². The average molecular weight is 356 g/mol. The summed E-state index contributed by atoms with van der Waals surface area (Å²) < 4.78 is 5.82. The minimum atomic E-state index is 0.556. The van der Waals surface area contributed by atoms with Gasteiger partial charge in [0.25, 0.3) is 0 Å². The van der Waals surface area contributed by atoms with Gasteiger partial charge in [-0.2, -0.15) is 5.10 Å². The van der Waals surface area contributed by atoms with Gasteiger partial charge in [-0.3, -0.25) is 0 Å². The summed E-state index contributed by atoms with van der Waals surface area (Å²) >= 11 is 0. The molecule has 0 aliphatic heterocycles. The highest BCUT2D eigenvalue weighted by Gasteiger charge is 2.02. The Morgan fingerprint density at radius 3 is 2.48 bits per heavy atom. The number of H-pyrrole nitrogens is 1. The van der Waals surface area contributed by atoms with Crippen molar-refractivity contribution in [3.63, 3.8) is 0 Å². The van der Waals surface area contributed by atoms with E-state index in [9.17, 15) is 0 Å². The van der Waals surface area contributed by atoms with Gasteiger partial charge in [-0.25, -0.2) is 10.4 Å². The first kappa shape index (κ1) is 16.8. The SMILES string of the molecule is C/C(=N\Nc1nc2ccccc2[nH]1)c1ccc(OCc2ccccc2)cc1. The van der Waals surface area contributed by atoms with E-state index in [-0.39, 0.29) is 0 Å². The number of benzene rings is 3. The number of hydrogen-bond donors (Lipinski definition) is 2. The number of rotatable bonds is 6. The second kappa shape index (κ2) is 7.74. The fourth-order valence-electron chi connectivity index (χ4n) is 2.74. The van der Waals surface area contributed by atoms with Gasteiger partial charge in [0.2, 0.25) is 5.95 Å². The van der Waals surface area contributed by atoms with Gasteiger partial charge in [-0.1, -0.05) is 42.5 Å². The molecule has 0 aliphatic rings. The molecule has 0 bridgehead atoms. The van der Waals surface area contributed by atoms with Crippen LogP contribution in [0.1, 0.15) is 18.1 Å². The topological polar surface area (TPSA) is 62.3 Å². The van der Waals surface area contributed by atoms with Gasteiger partial charge in [-0.15, -0.1) is 0 Å². The van der Waals surface area contributed by atoms with Crippen LogP contribution < -0.4 is 10.2 Å². The maximum absolute atomic E-state index is 5.82. The van der Waals surface area contributed by atoms with Crippen LogP contribution in [0.15, 0.2) is 84.0 Å². The van der Waals surface area contributed by atoms with Gasteiger partial charge in [0.05, 0.1) is 16.7 Å². The number of para-hydroxylation sites is 2. The van der Waals surface area contributed by atoms with E-state index in [1.165, 1.54) is 0 Å². The van der Waals surface area contributed by atoms with Crippen LogP contribution in [-0.2, 0) is 6.61 Å². The summed E-state index contributed by atoms with van der Waals surface area (Å²) in [4.78, 5) is 7.65. The standard InChI is InChI=1S/C22H20N4O/c1-16(25-26-22-23-20-9-5-6-10-21(20)24-22)18-11-13-19(14-12-18)27-15-17-7-3-2-4-8-17/h2-14H,15H2,1H3,(H2,23,24,26)/b25-16+. The first-order valence-corrected chi connectivity index (χ1v) is 8.80. The zero-order valence-corrected chi connectivity index (χ0v) is 15.0. The first-order valence-electron chi connectivity index (χ1n) is 8.80. The van der Waals surface area contributed by atoms with Crippen LogP contribution in [0, 0.1) is 0 Å². The van der Waals surface area contributed by atoms with Crippen molar-refractivity contribution in [3.8, 4) is 5.75 Å². The Balaban J connectivity index is 1.39. The number of imidazole rings is 1. The molecule has 0 amide bonds. The number of aromatic amines is 1. The van der Waals surface area contributed by atoms with Gasteiger partial charge in [0, 0.05) is 0 Å². The molecule has 5 heteroatoms. The third-order valence-electron chi connectivity index (χ3n) is 4.24. The fourth-order valence-corrected chi connectivity index (χ4v) is 2.74. The Kier molecular flexibility index (Phi) is 4.83. The van der Waals surface area contributed by atoms with Gasteiger partial charge in [0.1, 0.15) is 12.4 Å². The third kappa shape index (κ3) is 4.15. The molecule has 1 heterocycles. The lowest BCUT2D eigenvalue weighted by Gasteiger charge is -2.07. The summed E-state index contributed by atoms with van der Waals surface area (Å²) in [5, 5.41) is 4.42. The van der Waals surface area contributed by atoms with Crippen LogP contribution >= 0.6 is 0 Å². The minimum Gasteiger partial charge on any atom is -0.489 e. The smallest absolute Gasteiger partial charge is 0.222 e. The first-order chi connectivity index (χ1) is 13.3. The van der Waals surface area contributed by atoms with Crippen LogP contribution in [0.25, 0.3) is 11.0 Å². The highest BCUT2D eigenvalue weighted by molar-refractivity contribution is 5.99. The van der Waals surface area contributed by atoms with Crippen molar-refractivity contribution in [1.29, 1.82) is 0 Å². The summed E-state index contributed by atoms with van der Waals surface area (Å²) in [6.07, 6.45) is 0. The molecule has 4 rings (SSSR count). The molecular formula is C22H20N4O. The second-order valence-electron chi connectivity index (χ2n) is 6.21. The van der Waals surface area contributed by atoms with E-state index < -0.39 is 0 Å². The molecule has 0 aliphatic carbocycles. The summed E-state index contributed by atoms with van der Waals surface area (Å²) in [5.41, 5.74) is 7.91. The van der Waals surface area contributed by atoms with Gasteiger partial charge < -0.3 is 9.72 Å². The van der Waals surface area contributed by atoms with E-state index in [0.29, 0.717) is 12.6 Å². The fraction of sp³-hybridized carbons (Fsp3) is 0.0909. The zero-order chi connectivity index (χ0) is 18.5. The number of hydrazone groups is 1. The number of anilines is 1. The predicted molar refractivity (Wildman–Crippen MR) is 109 cm³/mol. The van der Waals surface area contributed by atoms with Crippen molar-refractivity contribution in [2.24, 2.45) is 5.10 Å². The van der Waals surface area contributed by atoms with Crippen LogP contribution in [0.2, 0.25) is 0 Å². The number of fused-ring (bicyclic) bond motifs is 1. The van der Waals surface area contributed by atoms with E-state index >= 15 is 0 Å². The largest absolute Gasteiger partial charge is 0.489 e. The molecule has 27 heavy (non-hydrogen) atoms. The van der Waals surface area contributed by atoms with Crippen LogP contribution in [-0.4, -0.2) is 15.7 Å². The molecule has 134 valence electrons. The monoisotopic (exact) mass is 356 g/mol. The van der Waals surface area contributed by atoms with E-state index in [0.717, 1.165) is 33.6 Å². The maximum atomic E-state index is 5.82. The highest BCUT2D eigenvalue weighted by Crippen LogP contribution is 2.16. The molecule has 1 aromatic heterocycles. The lowest BCUT2D eigenvalue weighted by Crippen LogP contribution is -2.01. The molecule has 0 fully saturated rings. The van der Waals surface area contributed by atoms with Crippen molar-refractivity contribution in [1.82, 2.24) is 9.97 Å². The molecular weight excluding hydrogens is 336 g/mol. The Hall–Kier alpha value is -3.60. The van der Waals surface area contributed by atoms with Gasteiger partial charge >= 0.3 is 0 Å². The Labute approximate surface area is 157 Å². The van der Waals surface area contributed by atoms with Crippen molar-refractivity contribution >= 4 is 22.7 Å². The van der Waals surface area contributed by atoms with Crippen molar-refractivity contribution < 1.29 is 4.74 Å². The molecule has 2 N–H and O–H groups in total. The van der Waals surface area contributed by atoms with Crippen molar-refractivity contribution in [2.45, 2.75) is 13.5 Å². The highest BCUT2D eigenvalue weighted by atomic mass is 16.5. The van der Waals surface area contributed by atoms with Crippen molar-refractivity contribution in [2.75, 3.05) is 5.43 Å². The number of nitrogens with one attached hydrogen (secondary N) is 2. The van der Waals surface area contributed by atoms with Crippen LogP contribution in [0.3, 0.4) is 0 Å². The number of aromatic nitrogens is 2. The summed E-state index contributed by atoms with van der Waals surface area (Å²) in [7, 11) is 0. The van der Waals surface area contributed by atoms with E-state index in [1.54, 1.807) is 0 Å². The van der Waals surface area contributed by atoms with E-state index in [1.807, 2.05) is 73.7 Å². The molecule has 5 nitrogen and oxygen atoms in total. The Bertz CT molecular complexity index is 1020. The molecule has 0 spiro atoms. The van der Waals surface area contributed by atoms with Crippen molar-refractivity contribution in [3.05, 3.63) is 90.0 Å². The molecule has 0 saturated carbocycles. The minimum absolute atomic E-state index is 0.556. The molecule has 0 atom stereocenters. The molecule has 0 saturated heterocycles. The van der Waals surface area contributed by atoms with E-state index in [2.05, 4.69) is 32.6 Å². The Morgan fingerprint density at radius 2 is 1.70 bits per heavy atom. The van der Waals surface area contributed by atoms with Gasteiger partial charge in [-0.05, 0) is 54.4 Å². The zero-order valence-electron chi connectivity index (χ0n) is 15.0. The lowest BCUT2D eigenvalue weighted by molar-refractivity contribution is 0.306. The second-order valence-corrected chi connectivity index (χ2v) is 6.21. The quantitative estimate of drug-likeness (QED) is 0.378. The Morgan fingerprint density at radius 1 is 0.963 bits per heavy atom. The maximum Gasteiger partial charge on any atom is 0.222 e. The van der Waals surface area contributed by atoms with Crippen LogP contribution in [0.5, 0.6) is 5.75 Å². The average Bonchev–Trinajstić information content (AvgIpc) is 3.15. The number of hydrogen-bond acceptors (Lipinski definition) is 4. The summed E-state index contributed by atoms with van der Waals surface area (Å²) in [6.45, 7) is 2.51.